The van der Waals surface area contributed by atoms with Gasteiger partial charge in [-0.1, -0.05) is 19.0 Å². The zero-order chi connectivity index (χ0) is 24.1. The third-order valence-electron chi connectivity index (χ3n) is 11.4. The third kappa shape index (κ3) is 4.21. The summed E-state index contributed by atoms with van der Waals surface area (Å²) in [7, 11) is 1.81. The zero-order valence-corrected chi connectivity index (χ0v) is 21.9. The van der Waals surface area contributed by atoms with Gasteiger partial charge in [-0.05, 0) is 119 Å². The second kappa shape index (κ2) is 9.38. The van der Waals surface area contributed by atoms with E-state index in [4.69, 9.17) is 4.84 Å². The van der Waals surface area contributed by atoms with Gasteiger partial charge in [-0.25, -0.2) is 4.79 Å². The average molecular weight is 474 g/mol. The Hall–Kier alpha value is -1.14. The second-order valence-electron chi connectivity index (χ2n) is 13.0. The number of nitrogens with one attached hydrogen (secondary N) is 1. The number of amides is 1. The first-order valence-electron chi connectivity index (χ1n) is 14.1. The summed E-state index contributed by atoms with van der Waals surface area (Å²) in [6.45, 7) is 8.85. The van der Waals surface area contributed by atoms with E-state index in [9.17, 15) is 9.90 Å². The minimum atomic E-state index is -0.345. The van der Waals surface area contributed by atoms with Crippen LogP contribution in [0, 0.1) is 40.4 Å². The molecule has 0 radical (unpaired) electrons. The second-order valence-corrected chi connectivity index (χ2v) is 13.0. The molecule has 0 aromatic carbocycles. The smallest absolute Gasteiger partial charge is 0.393 e. The van der Waals surface area contributed by atoms with Gasteiger partial charge in [0.25, 0.3) is 0 Å². The molecule has 1 aliphatic heterocycles. The van der Waals surface area contributed by atoms with Crippen LogP contribution in [0.1, 0.15) is 91.4 Å². The molecule has 4 saturated carbocycles. The van der Waals surface area contributed by atoms with E-state index in [0.717, 1.165) is 55.7 Å². The lowest BCUT2D eigenvalue weighted by atomic mass is 9.44. The van der Waals surface area contributed by atoms with E-state index in [1.165, 1.54) is 44.9 Å². The fourth-order valence-corrected chi connectivity index (χ4v) is 9.48. The minimum absolute atomic E-state index is 0.0746. The first-order chi connectivity index (χ1) is 16.2. The molecule has 192 valence electrons. The van der Waals surface area contributed by atoms with Crippen molar-refractivity contribution >= 4 is 11.8 Å². The Balaban J connectivity index is 1.23. The Kier molecular flexibility index (Phi) is 6.78. The van der Waals surface area contributed by atoms with Crippen LogP contribution >= 0.6 is 0 Å². The SMILES string of the molecule is C/C(=N\OC(=O)N(C)CC1CCCN1)[C@H]1CC[C@H]2[C@@H]3CC[C@H]4C[C@H](O)CC[C@]4(C)[C@H]3CC[C@]12C. The summed E-state index contributed by atoms with van der Waals surface area (Å²) in [6.07, 6.45) is 12.7. The Morgan fingerprint density at radius 1 is 1.06 bits per heavy atom. The van der Waals surface area contributed by atoms with Gasteiger partial charge in [0, 0.05) is 25.6 Å². The number of likely N-dealkylation sites (N-methyl/N-ethyl adjacent to an activating group) is 1. The molecule has 5 fully saturated rings. The van der Waals surface area contributed by atoms with Crippen molar-refractivity contribution in [2.75, 3.05) is 20.1 Å². The molecule has 9 atom stereocenters. The van der Waals surface area contributed by atoms with E-state index < -0.39 is 0 Å². The van der Waals surface area contributed by atoms with Crippen molar-refractivity contribution in [3.05, 3.63) is 0 Å². The number of aliphatic hydroxyl groups excluding tert-OH is 1. The minimum Gasteiger partial charge on any atom is -0.393 e. The molecule has 34 heavy (non-hydrogen) atoms. The third-order valence-corrected chi connectivity index (χ3v) is 11.4. The van der Waals surface area contributed by atoms with Crippen molar-refractivity contribution in [2.45, 2.75) is 104 Å². The number of fused-ring (bicyclic) bond motifs is 5. The molecule has 1 amide bonds. The Morgan fingerprint density at radius 3 is 2.59 bits per heavy atom. The molecule has 5 rings (SSSR count). The summed E-state index contributed by atoms with van der Waals surface area (Å²) >= 11 is 0. The first kappa shape index (κ1) is 24.5. The van der Waals surface area contributed by atoms with Crippen molar-refractivity contribution < 1.29 is 14.7 Å². The van der Waals surface area contributed by atoms with Crippen LogP contribution in [-0.2, 0) is 4.84 Å². The molecular formula is C28H47N3O3. The lowest BCUT2D eigenvalue weighted by Crippen LogP contribution is -2.54. The van der Waals surface area contributed by atoms with Crippen molar-refractivity contribution in [1.82, 2.24) is 10.2 Å². The summed E-state index contributed by atoms with van der Waals surface area (Å²) in [5.41, 5.74) is 1.68. The Labute approximate surface area is 206 Å². The van der Waals surface area contributed by atoms with Gasteiger partial charge >= 0.3 is 6.09 Å². The normalized spacial score (nSPS) is 46.4. The molecule has 1 unspecified atom stereocenters. The standard InChI is InChI=1S/C28H47N3O3/c1-18(30-34-26(33)31(4)17-20-6-5-15-29-20)23-9-10-24-22-8-7-19-16-21(32)11-13-27(19,2)25(22)12-14-28(23,24)3/h19-25,29,32H,5-17H2,1-4H3/b30-18+/t19-,20?,21+,22-,23+,24-,25-,27-,28+/m0/s1. The van der Waals surface area contributed by atoms with Gasteiger partial charge in [0.1, 0.15) is 0 Å². The zero-order valence-electron chi connectivity index (χ0n) is 21.9. The number of aliphatic hydroxyl groups is 1. The van der Waals surface area contributed by atoms with E-state index in [0.29, 0.717) is 29.8 Å². The largest absolute Gasteiger partial charge is 0.435 e. The van der Waals surface area contributed by atoms with Gasteiger partial charge < -0.3 is 15.3 Å². The number of hydrogen-bond acceptors (Lipinski definition) is 5. The van der Waals surface area contributed by atoms with Crippen molar-refractivity contribution in [2.24, 2.45) is 45.6 Å². The van der Waals surface area contributed by atoms with Gasteiger partial charge in [-0.3, -0.25) is 4.84 Å². The summed E-state index contributed by atoms with van der Waals surface area (Å²) in [4.78, 5) is 19.6. The number of rotatable bonds is 4. The Morgan fingerprint density at radius 2 is 1.82 bits per heavy atom. The summed E-state index contributed by atoms with van der Waals surface area (Å²) in [5.74, 6) is 3.48. The molecule has 0 spiro atoms. The van der Waals surface area contributed by atoms with E-state index >= 15 is 0 Å². The molecule has 1 saturated heterocycles. The van der Waals surface area contributed by atoms with Crippen LogP contribution < -0.4 is 5.32 Å². The summed E-state index contributed by atoms with van der Waals surface area (Å²) in [6, 6.07) is 0.372. The van der Waals surface area contributed by atoms with Crippen molar-refractivity contribution in [1.29, 1.82) is 0 Å². The molecule has 2 N–H and O–H groups in total. The highest BCUT2D eigenvalue weighted by Gasteiger charge is 2.60. The average Bonchev–Trinajstić information content (AvgIpc) is 3.44. The maximum Gasteiger partial charge on any atom is 0.435 e. The van der Waals surface area contributed by atoms with E-state index in [1.807, 2.05) is 7.05 Å². The highest BCUT2D eigenvalue weighted by atomic mass is 16.7. The maximum atomic E-state index is 12.5. The van der Waals surface area contributed by atoms with Crippen LogP contribution in [0.15, 0.2) is 5.16 Å². The van der Waals surface area contributed by atoms with Gasteiger partial charge in [0.2, 0.25) is 0 Å². The van der Waals surface area contributed by atoms with Crippen molar-refractivity contribution in [3.8, 4) is 0 Å². The summed E-state index contributed by atoms with van der Waals surface area (Å²) in [5, 5.41) is 18.1. The van der Waals surface area contributed by atoms with Crippen LogP contribution in [0.4, 0.5) is 4.79 Å². The van der Waals surface area contributed by atoms with Crippen LogP contribution in [0.3, 0.4) is 0 Å². The fraction of sp³-hybridized carbons (Fsp3) is 0.929. The molecule has 0 aromatic rings. The highest BCUT2D eigenvalue weighted by Crippen LogP contribution is 2.67. The number of nitrogens with zero attached hydrogens (tertiary/aromatic N) is 2. The van der Waals surface area contributed by atoms with Gasteiger partial charge in [-0.15, -0.1) is 0 Å². The molecule has 4 aliphatic carbocycles. The number of hydrogen-bond donors (Lipinski definition) is 2. The van der Waals surface area contributed by atoms with Crippen LogP contribution in [0.25, 0.3) is 0 Å². The number of carbonyl (C=O) groups is 1. The molecule has 6 heteroatoms. The first-order valence-corrected chi connectivity index (χ1v) is 14.1. The van der Waals surface area contributed by atoms with Crippen LogP contribution in [0.5, 0.6) is 0 Å². The monoisotopic (exact) mass is 473 g/mol. The molecule has 5 aliphatic rings. The predicted molar refractivity (Wildman–Crippen MR) is 134 cm³/mol. The van der Waals surface area contributed by atoms with Gasteiger partial charge in [0.15, 0.2) is 0 Å². The quantitative estimate of drug-likeness (QED) is 0.334. The van der Waals surface area contributed by atoms with E-state index in [2.05, 4.69) is 31.2 Å². The van der Waals surface area contributed by atoms with Crippen LogP contribution in [-0.4, -0.2) is 54.1 Å². The fourth-order valence-electron chi connectivity index (χ4n) is 9.48. The molecule has 0 aromatic heterocycles. The van der Waals surface area contributed by atoms with Crippen LogP contribution in [0.2, 0.25) is 0 Å². The maximum absolute atomic E-state index is 12.5. The number of carbonyl (C=O) groups excluding carboxylic acids is 1. The lowest BCUT2D eigenvalue weighted by Gasteiger charge is -2.61. The number of oxime groups is 1. The van der Waals surface area contributed by atoms with Gasteiger partial charge in [-0.2, -0.15) is 0 Å². The van der Waals surface area contributed by atoms with E-state index in [-0.39, 0.29) is 17.6 Å². The van der Waals surface area contributed by atoms with Crippen molar-refractivity contribution in [3.63, 3.8) is 0 Å². The molecule has 1 heterocycles. The topological polar surface area (TPSA) is 74.2 Å². The summed E-state index contributed by atoms with van der Waals surface area (Å²) < 4.78 is 0. The lowest BCUT2D eigenvalue weighted by molar-refractivity contribution is -0.123. The van der Waals surface area contributed by atoms with E-state index in [1.54, 1.807) is 4.90 Å². The molecule has 6 nitrogen and oxygen atoms in total. The van der Waals surface area contributed by atoms with Gasteiger partial charge in [0.05, 0.1) is 11.8 Å². The Bertz CT molecular complexity index is 796. The predicted octanol–water partition coefficient (Wildman–Crippen LogP) is 5.20. The molecule has 0 bridgehead atoms. The molecular weight excluding hydrogens is 426 g/mol. The highest BCUT2D eigenvalue weighted by molar-refractivity contribution is 5.85.